The van der Waals surface area contributed by atoms with E-state index in [9.17, 15) is 0 Å². The average Bonchev–Trinajstić information content (AvgIpc) is 2.10. The molecule has 0 bridgehead atoms. The van der Waals surface area contributed by atoms with Gasteiger partial charge in [0, 0.05) is 6.61 Å². The predicted octanol–water partition coefficient (Wildman–Crippen LogP) is 3.71. The van der Waals surface area contributed by atoms with Crippen molar-refractivity contribution in [3.8, 4) is 0 Å². The van der Waals surface area contributed by atoms with Gasteiger partial charge in [-0.05, 0) is 30.1 Å². The van der Waals surface area contributed by atoms with Crippen LogP contribution < -0.4 is 0 Å². The molecule has 0 aromatic rings. The topological polar surface area (TPSA) is 20.2 Å². The number of rotatable bonds is 7. The number of hydrogen-bond acceptors (Lipinski definition) is 1. The highest BCUT2D eigenvalue weighted by Crippen LogP contribution is 2.26. The van der Waals surface area contributed by atoms with Crippen molar-refractivity contribution in [2.75, 3.05) is 6.61 Å². The summed E-state index contributed by atoms with van der Waals surface area (Å²) in [5.41, 5.74) is 0. The molecule has 0 aromatic heterocycles. The summed E-state index contributed by atoms with van der Waals surface area (Å²) >= 11 is 0. The fourth-order valence-corrected chi connectivity index (χ4v) is 2.17. The van der Waals surface area contributed by atoms with Gasteiger partial charge >= 0.3 is 0 Å². The molecule has 1 N–H and O–H groups in total. The lowest BCUT2D eigenvalue weighted by Crippen LogP contribution is -2.21. The second kappa shape index (κ2) is 7.28. The molecule has 0 spiro atoms. The van der Waals surface area contributed by atoms with Crippen LogP contribution in [-0.2, 0) is 0 Å². The summed E-state index contributed by atoms with van der Waals surface area (Å²) in [6.07, 6.45) is 3.91. The molecule has 0 radical (unpaired) electrons. The maximum absolute atomic E-state index is 9.16. The Morgan fingerprint density at radius 1 is 0.929 bits per heavy atom. The van der Waals surface area contributed by atoms with Crippen LogP contribution in [0.3, 0.4) is 0 Å². The Hall–Kier alpha value is -0.0400. The van der Waals surface area contributed by atoms with E-state index in [1.54, 1.807) is 0 Å². The number of aliphatic hydroxyl groups is 1. The number of hydrogen-bond donors (Lipinski definition) is 1. The normalized spacial score (nSPS) is 16.3. The van der Waals surface area contributed by atoms with Crippen LogP contribution >= 0.6 is 0 Å². The van der Waals surface area contributed by atoms with Crippen LogP contribution in [0, 0.1) is 23.7 Å². The Morgan fingerprint density at radius 3 is 1.86 bits per heavy atom. The van der Waals surface area contributed by atoms with Crippen molar-refractivity contribution in [1.29, 1.82) is 0 Å². The van der Waals surface area contributed by atoms with E-state index < -0.39 is 0 Å². The van der Waals surface area contributed by atoms with E-state index in [1.165, 1.54) is 19.3 Å². The minimum atomic E-state index is 0.338. The molecule has 0 aliphatic rings. The lowest BCUT2D eigenvalue weighted by Gasteiger charge is -2.26. The smallest absolute Gasteiger partial charge is 0.0459 e. The molecule has 2 unspecified atom stereocenters. The summed E-state index contributed by atoms with van der Waals surface area (Å²) in [7, 11) is 0. The third kappa shape index (κ3) is 5.64. The van der Waals surface area contributed by atoms with E-state index in [4.69, 9.17) is 5.11 Å². The van der Waals surface area contributed by atoms with Gasteiger partial charge in [-0.15, -0.1) is 0 Å². The van der Waals surface area contributed by atoms with Gasteiger partial charge in [-0.2, -0.15) is 0 Å². The van der Waals surface area contributed by atoms with Gasteiger partial charge in [-0.3, -0.25) is 0 Å². The largest absolute Gasteiger partial charge is 0.396 e. The van der Waals surface area contributed by atoms with Crippen LogP contribution in [0.1, 0.15) is 53.9 Å². The molecule has 0 heterocycles. The van der Waals surface area contributed by atoms with Crippen molar-refractivity contribution < 1.29 is 5.11 Å². The Kier molecular flexibility index (Phi) is 7.26. The van der Waals surface area contributed by atoms with E-state index in [0.29, 0.717) is 24.4 Å². The predicted molar refractivity (Wildman–Crippen MR) is 63.3 cm³/mol. The molecule has 0 aliphatic heterocycles. The molecule has 14 heavy (non-hydrogen) atoms. The van der Waals surface area contributed by atoms with E-state index in [2.05, 4.69) is 34.6 Å². The summed E-state index contributed by atoms with van der Waals surface area (Å²) in [5.74, 6) is 2.66. The zero-order chi connectivity index (χ0) is 11.1. The lowest BCUT2D eigenvalue weighted by atomic mass is 9.81. The molecular weight excluding hydrogens is 172 g/mol. The molecule has 86 valence electrons. The fourth-order valence-electron chi connectivity index (χ4n) is 2.17. The highest BCUT2D eigenvalue weighted by molar-refractivity contribution is 4.69. The first kappa shape index (κ1) is 14.0. The summed E-state index contributed by atoms with van der Waals surface area (Å²) in [6.45, 7) is 11.6. The molecule has 0 amide bonds. The van der Waals surface area contributed by atoms with Crippen molar-refractivity contribution in [1.82, 2.24) is 0 Å². The molecule has 2 atom stereocenters. The van der Waals surface area contributed by atoms with Gasteiger partial charge in [0.1, 0.15) is 0 Å². The van der Waals surface area contributed by atoms with Gasteiger partial charge in [-0.25, -0.2) is 0 Å². The zero-order valence-corrected chi connectivity index (χ0v) is 10.6. The summed E-state index contributed by atoms with van der Waals surface area (Å²) in [5, 5.41) is 9.16. The second-order valence-electron chi connectivity index (χ2n) is 5.39. The SMILES string of the molecule is CC(C)CCCC(C(C)C)C(C)CO. The van der Waals surface area contributed by atoms with Crippen LogP contribution in [-0.4, -0.2) is 11.7 Å². The maximum atomic E-state index is 9.16. The van der Waals surface area contributed by atoms with E-state index >= 15 is 0 Å². The first-order valence-corrected chi connectivity index (χ1v) is 6.09. The second-order valence-corrected chi connectivity index (χ2v) is 5.39. The Morgan fingerprint density at radius 2 is 1.50 bits per heavy atom. The van der Waals surface area contributed by atoms with Crippen molar-refractivity contribution in [2.45, 2.75) is 53.9 Å². The first-order chi connectivity index (χ1) is 6.49. The summed E-state index contributed by atoms with van der Waals surface area (Å²) < 4.78 is 0. The van der Waals surface area contributed by atoms with Crippen molar-refractivity contribution in [2.24, 2.45) is 23.7 Å². The highest BCUT2D eigenvalue weighted by Gasteiger charge is 2.19. The Bertz CT molecular complexity index is 129. The van der Waals surface area contributed by atoms with Crippen LogP contribution in [0.25, 0.3) is 0 Å². The van der Waals surface area contributed by atoms with Gasteiger partial charge in [0.25, 0.3) is 0 Å². The average molecular weight is 200 g/mol. The van der Waals surface area contributed by atoms with Crippen LogP contribution in [0.4, 0.5) is 0 Å². The molecule has 1 heteroatoms. The third-order valence-electron chi connectivity index (χ3n) is 3.19. The minimum absolute atomic E-state index is 0.338. The first-order valence-electron chi connectivity index (χ1n) is 6.09. The van der Waals surface area contributed by atoms with Crippen LogP contribution in [0.5, 0.6) is 0 Å². The lowest BCUT2D eigenvalue weighted by molar-refractivity contribution is 0.149. The van der Waals surface area contributed by atoms with Crippen LogP contribution in [0.15, 0.2) is 0 Å². The Balaban J connectivity index is 3.85. The van der Waals surface area contributed by atoms with Gasteiger partial charge in [0.15, 0.2) is 0 Å². The van der Waals surface area contributed by atoms with Gasteiger partial charge in [-0.1, -0.05) is 47.5 Å². The molecule has 0 rings (SSSR count). The molecule has 0 fully saturated rings. The molecule has 0 aromatic carbocycles. The molecule has 0 saturated heterocycles. The zero-order valence-electron chi connectivity index (χ0n) is 10.6. The van der Waals surface area contributed by atoms with E-state index in [0.717, 1.165) is 5.92 Å². The summed E-state index contributed by atoms with van der Waals surface area (Å²) in [4.78, 5) is 0. The minimum Gasteiger partial charge on any atom is -0.396 e. The Labute approximate surface area is 89.9 Å². The quantitative estimate of drug-likeness (QED) is 0.664. The van der Waals surface area contributed by atoms with E-state index in [-0.39, 0.29) is 0 Å². The van der Waals surface area contributed by atoms with Crippen molar-refractivity contribution in [3.63, 3.8) is 0 Å². The van der Waals surface area contributed by atoms with Gasteiger partial charge in [0.2, 0.25) is 0 Å². The highest BCUT2D eigenvalue weighted by atomic mass is 16.3. The molecular formula is C13H28O. The molecule has 0 saturated carbocycles. The standard InChI is InChI=1S/C13H28O/c1-10(2)7-6-8-13(11(3)4)12(5)9-14/h10-14H,6-9H2,1-5H3. The van der Waals surface area contributed by atoms with E-state index in [1.807, 2.05) is 0 Å². The maximum Gasteiger partial charge on any atom is 0.0459 e. The van der Waals surface area contributed by atoms with Crippen molar-refractivity contribution >= 4 is 0 Å². The molecule has 0 aliphatic carbocycles. The monoisotopic (exact) mass is 200 g/mol. The number of aliphatic hydroxyl groups excluding tert-OH is 1. The van der Waals surface area contributed by atoms with Gasteiger partial charge < -0.3 is 5.11 Å². The third-order valence-corrected chi connectivity index (χ3v) is 3.19. The van der Waals surface area contributed by atoms with Crippen molar-refractivity contribution in [3.05, 3.63) is 0 Å². The molecule has 1 nitrogen and oxygen atoms in total. The summed E-state index contributed by atoms with van der Waals surface area (Å²) in [6, 6.07) is 0. The fraction of sp³-hybridized carbons (Fsp3) is 1.00. The van der Waals surface area contributed by atoms with Crippen LogP contribution in [0.2, 0.25) is 0 Å². The van der Waals surface area contributed by atoms with Gasteiger partial charge in [0.05, 0.1) is 0 Å².